The molecule has 8 heteroatoms. The highest BCUT2D eigenvalue weighted by Crippen LogP contribution is 2.71. The summed E-state index contributed by atoms with van der Waals surface area (Å²) in [4.78, 5) is 12.2. The highest BCUT2D eigenvalue weighted by atomic mass is 19.3. The summed E-state index contributed by atoms with van der Waals surface area (Å²) >= 11 is 0. The first-order chi connectivity index (χ1) is 11.6. The van der Waals surface area contributed by atoms with E-state index in [-0.39, 0.29) is 24.4 Å². The molecule has 0 aliphatic heterocycles. The first-order valence-electron chi connectivity index (χ1n) is 7.85. The number of rotatable bonds is 7. The van der Waals surface area contributed by atoms with Crippen molar-refractivity contribution in [3.8, 4) is 6.07 Å². The van der Waals surface area contributed by atoms with Crippen molar-refractivity contribution in [1.82, 2.24) is 10.6 Å². The molecule has 136 valence electrons. The number of hydrogen-bond acceptors (Lipinski definition) is 3. The molecule has 1 atom stereocenters. The van der Waals surface area contributed by atoms with Crippen molar-refractivity contribution in [2.45, 2.75) is 43.7 Å². The Morgan fingerprint density at radius 3 is 2.16 bits per heavy atom. The van der Waals surface area contributed by atoms with E-state index in [2.05, 4.69) is 10.6 Å². The Kier molecular flexibility index (Phi) is 5.09. The Morgan fingerprint density at radius 2 is 1.72 bits per heavy atom. The fourth-order valence-electron chi connectivity index (χ4n) is 2.95. The van der Waals surface area contributed by atoms with Crippen LogP contribution in [-0.2, 0) is 10.3 Å². The van der Waals surface area contributed by atoms with Crippen molar-refractivity contribution >= 4 is 5.91 Å². The molecule has 4 nitrogen and oxygen atoms in total. The van der Waals surface area contributed by atoms with Gasteiger partial charge in [-0.2, -0.15) is 22.8 Å². The van der Waals surface area contributed by atoms with Gasteiger partial charge in [0.1, 0.15) is 6.54 Å². The Balaban J connectivity index is 2.39. The van der Waals surface area contributed by atoms with Gasteiger partial charge in [0, 0.05) is 0 Å². The average Bonchev–Trinajstić information content (AvgIpc) is 2.90. The van der Waals surface area contributed by atoms with Gasteiger partial charge >= 0.3 is 11.8 Å². The van der Waals surface area contributed by atoms with Crippen molar-refractivity contribution in [3.05, 3.63) is 35.9 Å². The Morgan fingerprint density at radius 1 is 1.16 bits per heavy atom. The molecule has 1 aliphatic carbocycles. The van der Waals surface area contributed by atoms with Crippen LogP contribution in [0.1, 0.15) is 25.8 Å². The van der Waals surface area contributed by atoms with Crippen molar-refractivity contribution < 1.29 is 22.4 Å². The van der Waals surface area contributed by atoms with Crippen molar-refractivity contribution in [3.63, 3.8) is 0 Å². The zero-order valence-electron chi connectivity index (χ0n) is 13.8. The lowest BCUT2D eigenvalue weighted by Crippen LogP contribution is -2.52. The van der Waals surface area contributed by atoms with E-state index < -0.39 is 29.3 Å². The number of nitrogens with zero attached hydrogens (tertiary/aromatic N) is 1. The van der Waals surface area contributed by atoms with E-state index in [4.69, 9.17) is 5.26 Å². The molecule has 1 aliphatic rings. The van der Waals surface area contributed by atoms with Gasteiger partial charge in [-0.25, -0.2) is 0 Å². The summed E-state index contributed by atoms with van der Waals surface area (Å²) in [5.74, 6) is -9.53. The van der Waals surface area contributed by atoms with Gasteiger partial charge in [0.15, 0.2) is 5.54 Å². The highest BCUT2D eigenvalue weighted by Gasteiger charge is 2.97. The van der Waals surface area contributed by atoms with Crippen molar-refractivity contribution in [2.75, 3.05) is 6.54 Å². The minimum absolute atomic E-state index is 0.0675. The maximum absolute atomic E-state index is 14.1. The van der Waals surface area contributed by atoms with Crippen LogP contribution in [0.5, 0.6) is 0 Å². The molecule has 25 heavy (non-hydrogen) atoms. The molecule has 0 radical (unpaired) electrons. The van der Waals surface area contributed by atoms with E-state index in [9.17, 15) is 22.4 Å². The minimum Gasteiger partial charge on any atom is -0.342 e. The first-order valence-corrected chi connectivity index (χ1v) is 7.85. The number of alkyl halides is 4. The van der Waals surface area contributed by atoms with E-state index in [0.29, 0.717) is 0 Å². The summed E-state index contributed by atoms with van der Waals surface area (Å²) in [6, 6.07) is 7.07. The van der Waals surface area contributed by atoms with Crippen LogP contribution < -0.4 is 10.6 Å². The number of nitrogens with one attached hydrogen (secondary N) is 2. The molecule has 1 saturated carbocycles. The second-order valence-electron chi connectivity index (χ2n) is 6.47. The number of nitriles is 1. The predicted octanol–water partition coefficient (Wildman–Crippen LogP) is 2.81. The second kappa shape index (κ2) is 6.64. The largest absolute Gasteiger partial charge is 0.342 e. The molecular weight excluding hydrogens is 338 g/mol. The van der Waals surface area contributed by atoms with Crippen molar-refractivity contribution in [1.29, 1.82) is 5.26 Å². The van der Waals surface area contributed by atoms with Crippen LogP contribution >= 0.6 is 0 Å². The van der Waals surface area contributed by atoms with E-state index in [1.165, 1.54) is 30.3 Å². The molecule has 1 aromatic rings. The SMILES string of the molecule is CC(C)C[C@H](NC1(c2ccccc2)C(F)(F)C1(F)F)C(=O)NCC#N. The standard InChI is InChI=1S/C17H19F4N3O/c1-11(2)10-13(14(25)23-9-8-22)24-15(12-6-4-3-5-7-12)16(18,19)17(15,20)21/h3-7,11,13,24H,9-10H2,1-2H3,(H,23,25)/t13-/m0/s1. The quantitative estimate of drug-likeness (QED) is 0.583. The van der Waals surface area contributed by atoms with Crippen LogP contribution in [-0.4, -0.2) is 30.3 Å². The zero-order chi connectivity index (χ0) is 18.9. The summed E-state index contributed by atoms with van der Waals surface area (Å²) in [6.07, 6.45) is 0.0675. The summed E-state index contributed by atoms with van der Waals surface area (Å²) in [7, 11) is 0. The second-order valence-corrected chi connectivity index (χ2v) is 6.47. The van der Waals surface area contributed by atoms with Gasteiger partial charge in [0.2, 0.25) is 5.91 Å². The number of halogens is 4. The third-order valence-electron chi connectivity index (χ3n) is 4.24. The van der Waals surface area contributed by atoms with Gasteiger partial charge < -0.3 is 5.32 Å². The van der Waals surface area contributed by atoms with E-state index >= 15 is 0 Å². The van der Waals surface area contributed by atoms with Crippen LogP contribution in [0.3, 0.4) is 0 Å². The lowest BCUT2D eigenvalue weighted by molar-refractivity contribution is -0.124. The minimum atomic E-state index is -4.33. The topological polar surface area (TPSA) is 64.9 Å². The maximum Gasteiger partial charge on any atom is 0.340 e. The van der Waals surface area contributed by atoms with Crippen LogP contribution in [0.25, 0.3) is 0 Å². The van der Waals surface area contributed by atoms with Gasteiger partial charge in [-0.15, -0.1) is 0 Å². The molecule has 0 heterocycles. The van der Waals surface area contributed by atoms with Gasteiger partial charge in [-0.1, -0.05) is 44.2 Å². The van der Waals surface area contributed by atoms with Crippen LogP contribution in [0.2, 0.25) is 0 Å². The van der Waals surface area contributed by atoms with Gasteiger partial charge in [0.05, 0.1) is 12.1 Å². The number of hydrogen-bond donors (Lipinski definition) is 2. The highest BCUT2D eigenvalue weighted by molar-refractivity contribution is 5.82. The lowest BCUT2D eigenvalue weighted by Gasteiger charge is -2.26. The summed E-state index contributed by atoms with van der Waals surface area (Å²) in [5, 5.41) is 13.0. The van der Waals surface area contributed by atoms with Crippen LogP contribution in [0, 0.1) is 17.2 Å². The molecule has 1 amide bonds. The van der Waals surface area contributed by atoms with Gasteiger partial charge in [-0.05, 0) is 17.9 Å². The molecule has 2 rings (SSSR count). The molecule has 0 bridgehead atoms. The Labute approximate surface area is 143 Å². The summed E-state index contributed by atoms with van der Waals surface area (Å²) in [6.45, 7) is 3.15. The molecular formula is C17H19F4N3O. The third kappa shape index (κ3) is 2.97. The van der Waals surface area contributed by atoms with E-state index in [0.717, 1.165) is 0 Å². The molecule has 0 aromatic heterocycles. The maximum atomic E-state index is 14.1. The van der Waals surface area contributed by atoms with E-state index in [1.807, 2.05) is 0 Å². The van der Waals surface area contributed by atoms with Gasteiger partial charge in [-0.3, -0.25) is 10.1 Å². The summed E-state index contributed by atoms with van der Waals surface area (Å²) < 4.78 is 56.5. The normalized spacial score (nSPS) is 20.6. The lowest BCUT2D eigenvalue weighted by atomic mass is 9.98. The fraction of sp³-hybridized carbons (Fsp3) is 0.529. The predicted molar refractivity (Wildman–Crippen MR) is 83.0 cm³/mol. The fourth-order valence-corrected chi connectivity index (χ4v) is 2.95. The number of carbonyl (C=O) groups is 1. The number of carbonyl (C=O) groups excluding carboxylic acids is 1. The molecule has 1 fully saturated rings. The van der Waals surface area contributed by atoms with E-state index in [1.54, 1.807) is 19.9 Å². The smallest absolute Gasteiger partial charge is 0.340 e. The Hall–Kier alpha value is -2.14. The molecule has 2 N–H and O–H groups in total. The molecule has 0 saturated heterocycles. The zero-order valence-corrected chi connectivity index (χ0v) is 13.8. The van der Waals surface area contributed by atoms with Crippen molar-refractivity contribution in [2.24, 2.45) is 5.92 Å². The van der Waals surface area contributed by atoms with Gasteiger partial charge in [0.25, 0.3) is 0 Å². The number of amides is 1. The monoisotopic (exact) mass is 357 g/mol. The summed E-state index contributed by atoms with van der Waals surface area (Å²) in [5.41, 5.74) is -3.23. The molecule has 0 unspecified atom stereocenters. The Bertz CT molecular complexity index is 656. The first kappa shape index (κ1) is 19.2. The number of benzene rings is 1. The van der Waals surface area contributed by atoms with Crippen LogP contribution in [0.4, 0.5) is 17.6 Å². The third-order valence-corrected chi connectivity index (χ3v) is 4.24. The average molecular weight is 357 g/mol. The molecule has 0 spiro atoms. The van der Waals surface area contributed by atoms with Crippen LogP contribution in [0.15, 0.2) is 30.3 Å². The molecule has 1 aromatic carbocycles.